The minimum Gasteiger partial charge on any atom is -0.406 e. The second-order valence-corrected chi connectivity index (χ2v) is 6.90. The average molecular weight is 414 g/mol. The Morgan fingerprint density at radius 1 is 1.21 bits per heavy atom. The molecular formula is C18H18F4N4O3. The van der Waals surface area contributed by atoms with Crippen molar-refractivity contribution < 1.29 is 32.5 Å². The maximum atomic E-state index is 14.6. The van der Waals surface area contributed by atoms with Crippen LogP contribution in [0.15, 0.2) is 36.7 Å². The van der Waals surface area contributed by atoms with Crippen molar-refractivity contribution in [3.05, 3.63) is 53.6 Å². The first-order chi connectivity index (χ1) is 13.5. The summed E-state index contributed by atoms with van der Waals surface area (Å²) in [5.41, 5.74) is -0.718. The highest BCUT2D eigenvalue weighted by Crippen LogP contribution is 2.34. The van der Waals surface area contributed by atoms with Crippen molar-refractivity contribution in [2.75, 3.05) is 5.32 Å². The van der Waals surface area contributed by atoms with Gasteiger partial charge in [-0.3, -0.25) is 0 Å². The lowest BCUT2D eigenvalue weighted by Crippen LogP contribution is -2.35. The van der Waals surface area contributed by atoms with Crippen LogP contribution in [0.25, 0.3) is 5.65 Å². The number of halogens is 4. The van der Waals surface area contributed by atoms with Gasteiger partial charge in [0.25, 0.3) is 0 Å². The Bertz CT molecular complexity index is 1010. The zero-order valence-electron chi connectivity index (χ0n) is 15.4. The molecule has 2 heterocycles. The molecule has 3 rings (SSSR count). The fourth-order valence-electron chi connectivity index (χ4n) is 2.89. The van der Waals surface area contributed by atoms with Crippen LogP contribution in [-0.4, -0.2) is 36.8 Å². The standard InChI is InChI=1S/C18H18F4N4O3/c1-17(2,28)16(12-4-3-11(7-13(12)19)29-18(20,21)22)25-15-6-10(8-27)5-14-23-9-24-26(14)15/h3-7,9,16,25,27-28H,8H2,1-2H3. The van der Waals surface area contributed by atoms with Gasteiger partial charge in [0.1, 0.15) is 23.7 Å². The number of rotatable bonds is 6. The highest BCUT2D eigenvalue weighted by atomic mass is 19.4. The molecule has 0 spiro atoms. The Morgan fingerprint density at radius 3 is 2.52 bits per heavy atom. The fourth-order valence-corrected chi connectivity index (χ4v) is 2.89. The number of alkyl halides is 3. The molecule has 0 saturated heterocycles. The van der Waals surface area contributed by atoms with Gasteiger partial charge in [0.15, 0.2) is 5.65 Å². The first-order valence-electron chi connectivity index (χ1n) is 8.45. The Labute approximate surface area is 162 Å². The maximum absolute atomic E-state index is 14.6. The van der Waals surface area contributed by atoms with Gasteiger partial charge in [-0.1, -0.05) is 6.07 Å². The number of aliphatic hydroxyl groups is 2. The number of hydrogen-bond donors (Lipinski definition) is 3. The first-order valence-corrected chi connectivity index (χ1v) is 8.45. The molecular weight excluding hydrogens is 396 g/mol. The van der Waals surface area contributed by atoms with Crippen molar-refractivity contribution >= 4 is 11.5 Å². The summed E-state index contributed by atoms with van der Waals surface area (Å²) in [6.07, 6.45) is -3.67. The summed E-state index contributed by atoms with van der Waals surface area (Å²) in [7, 11) is 0. The van der Waals surface area contributed by atoms with Crippen molar-refractivity contribution in [1.29, 1.82) is 0 Å². The first kappa shape index (κ1) is 20.8. The van der Waals surface area contributed by atoms with Gasteiger partial charge in [-0.2, -0.15) is 9.61 Å². The van der Waals surface area contributed by atoms with Crippen LogP contribution in [0.1, 0.15) is 31.0 Å². The van der Waals surface area contributed by atoms with Gasteiger partial charge in [0.2, 0.25) is 0 Å². The number of nitrogens with zero attached hydrogens (tertiary/aromatic N) is 3. The number of hydrogen-bond acceptors (Lipinski definition) is 6. The summed E-state index contributed by atoms with van der Waals surface area (Å²) in [6, 6.07) is 4.71. The number of aliphatic hydroxyl groups excluding tert-OH is 1. The summed E-state index contributed by atoms with van der Waals surface area (Å²) in [5, 5.41) is 27.0. The van der Waals surface area contributed by atoms with Crippen molar-refractivity contribution in [3.63, 3.8) is 0 Å². The van der Waals surface area contributed by atoms with Gasteiger partial charge >= 0.3 is 6.36 Å². The van der Waals surface area contributed by atoms with Crippen LogP contribution < -0.4 is 10.1 Å². The van der Waals surface area contributed by atoms with E-state index in [0.29, 0.717) is 23.1 Å². The monoisotopic (exact) mass is 414 g/mol. The van der Waals surface area contributed by atoms with Crippen LogP contribution in [0.3, 0.4) is 0 Å². The molecule has 0 radical (unpaired) electrons. The SMILES string of the molecule is CC(C)(O)C(Nc1cc(CO)cc2ncnn12)c1ccc(OC(F)(F)F)cc1F. The zero-order valence-corrected chi connectivity index (χ0v) is 15.4. The normalized spacial score (nSPS) is 13.5. The Hall–Kier alpha value is -2.92. The van der Waals surface area contributed by atoms with Crippen molar-refractivity contribution in [2.45, 2.75) is 38.5 Å². The molecule has 0 fully saturated rings. The lowest BCUT2D eigenvalue weighted by atomic mass is 9.91. The Morgan fingerprint density at radius 2 is 1.93 bits per heavy atom. The number of fused-ring (bicyclic) bond motifs is 1. The van der Waals surface area contributed by atoms with Crippen LogP contribution in [0, 0.1) is 5.82 Å². The molecule has 0 aliphatic heterocycles. The summed E-state index contributed by atoms with van der Waals surface area (Å²) in [6.45, 7) is 2.54. The van der Waals surface area contributed by atoms with E-state index in [1.54, 1.807) is 12.1 Å². The van der Waals surface area contributed by atoms with Crippen LogP contribution in [0.2, 0.25) is 0 Å². The van der Waals surface area contributed by atoms with Gasteiger partial charge in [-0.05, 0) is 37.6 Å². The molecule has 0 amide bonds. The third-order valence-corrected chi connectivity index (χ3v) is 4.14. The molecule has 0 bridgehead atoms. The molecule has 1 aromatic carbocycles. The summed E-state index contributed by atoms with van der Waals surface area (Å²) < 4.78 is 56.8. The summed E-state index contributed by atoms with van der Waals surface area (Å²) in [4.78, 5) is 4.03. The van der Waals surface area contributed by atoms with Crippen molar-refractivity contribution in [3.8, 4) is 5.75 Å². The number of benzene rings is 1. The van der Waals surface area contributed by atoms with Gasteiger partial charge in [0.05, 0.1) is 18.2 Å². The van der Waals surface area contributed by atoms with Gasteiger partial charge in [0, 0.05) is 11.6 Å². The molecule has 1 unspecified atom stereocenters. The van der Waals surface area contributed by atoms with E-state index in [2.05, 4.69) is 20.1 Å². The van der Waals surface area contributed by atoms with Gasteiger partial charge in [-0.15, -0.1) is 13.2 Å². The molecule has 11 heteroatoms. The molecule has 2 aromatic heterocycles. The van der Waals surface area contributed by atoms with E-state index in [1.165, 1.54) is 24.7 Å². The quantitative estimate of drug-likeness (QED) is 0.537. The van der Waals surface area contributed by atoms with E-state index in [9.17, 15) is 27.8 Å². The van der Waals surface area contributed by atoms with E-state index in [4.69, 9.17) is 0 Å². The number of anilines is 1. The highest BCUT2D eigenvalue weighted by Gasteiger charge is 2.34. The average Bonchev–Trinajstić information content (AvgIpc) is 3.06. The highest BCUT2D eigenvalue weighted by molar-refractivity contribution is 5.53. The van der Waals surface area contributed by atoms with E-state index in [0.717, 1.165) is 12.1 Å². The minimum absolute atomic E-state index is 0.0882. The van der Waals surface area contributed by atoms with Gasteiger partial charge < -0.3 is 20.3 Å². The van der Waals surface area contributed by atoms with E-state index >= 15 is 0 Å². The molecule has 0 aliphatic rings. The topological polar surface area (TPSA) is 91.9 Å². The molecule has 1 atom stereocenters. The predicted molar refractivity (Wildman–Crippen MR) is 94.7 cm³/mol. The minimum atomic E-state index is -4.95. The molecule has 7 nitrogen and oxygen atoms in total. The van der Waals surface area contributed by atoms with E-state index in [1.807, 2.05) is 0 Å². The zero-order chi connectivity index (χ0) is 21.4. The van der Waals surface area contributed by atoms with E-state index < -0.39 is 29.6 Å². The fraction of sp³-hybridized carbons (Fsp3) is 0.333. The molecule has 3 N–H and O–H groups in total. The number of pyridine rings is 1. The van der Waals surface area contributed by atoms with Crippen LogP contribution >= 0.6 is 0 Å². The number of nitrogens with one attached hydrogen (secondary N) is 1. The molecule has 29 heavy (non-hydrogen) atoms. The second-order valence-electron chi connectivity index (χ2n) is 6.90. The molecule has 0 aliphatic carbocycles. The van der Waals surface area contributed by atoms with Gasteiger partial charge in [-0.25, -0.2) is 9.37 Å². The third kappa shape index (κ3) is 4.74. The second kappa shape index (κ2) is 7.48. The third-order valence-electron chi connectivity index (χ3n) is 4.14. The molecule has 0 saturated carbocycles. The number of ether oxygens (including phenoxy) is 1. The number of aromatic nitrogens is 3. The van der Waals surface area contributed by atoms with Crippen molar-refractivity contribution in [2.24, 2.45) is 0 Å². The van der Waals surface area contributed by atoms with Crippen molar-refractivity contribution in [1.82, 2.24) is 14.6 Å². The largest absolute Gasteiger partial charge is 0.573 e. The smallest absolute Gasteiger partial charge is 0.406 e. The van der Waals surface area contributed by atoms with E-state index in [-0.39, 0.29) is 12.2 Å². The summed E-state index contributed by atoms with van der Waals surface area (Å²) >= 11 is 0. The Kier molecular flexibility index (Phi) is 5.37. The van der Waals surface area contributed by atoms with Crippen LogP contribution in [0.5, 0.6) is 5.75 Å². The molecule has 156 valence electrons. The van der Waals surface area contributed by atoms with Crippen LogP contribution in [0.4, 0.5) is 23.4 Å². The summed E-state index contributed by atoms with van der Waals surface area (Å²) in [5.74, 6) is -1.42. The molecule has 3 aromatic rings. The lowest BCUT2D eigenvalue weighted by Gasteiger charge is -2.32. The Balaban J connectivity index is 2.02. The van der Waals surface area contributed by atoms with Crippen LogP contribution in [-0.2, 0) is 6.61 Å². The maximum Gasteiger partial charge on any atom is 0.573 e. The predicted octanol–water partition coefficient (Wildman–Crippen LogP) is 3.18. The lowest BCUT2D eigenvalue weighted by molar-refractivity contribution is -0.274.